The molecule has 0 aliphatic carbocycles. The number of fused-ring (bicyclic) bond motifs is 2. The fourth-order valence-corrected chi connectivity index (χ4v) is 4.78. The summed E-state index contributed by atoms with van der Waals surface area (Å²) < 4.78 is 5.66. The van der Waals surface area contributed by atoms with E-state index in [0.717, 1.165) is 35.3 Å². The van der Waals surface area contributed by atoms with Crippen LogP contribution >= 0.6 is 0 Å². The number of carbonyl (C=O) groups is 2. The van der Waals surface area contributed by atoms with Gasteiger partial charge in [0.05, 0.1) is 5.56 Å². The van der Waals surface area contributed by atoms with Gasteiger partial charge in [-0.25, -0.2) is 0 Å². The smallest absolute Gasteiger partial charge is 0.259 e. The molecule has 158 valence electrons. The molecule has 3 heterocycles. The number of ether oxygens (including phenoxy) is 1. The molecule has 0 atom stereocenters. The van der Waals surface area contributed by atoms with Gasteiger partial charge in [0, 0.05) is 55.9 Å². The summed E-state index contributed by atoms with van der Waals surface area (Å²) in [5.74, 6) is -0.0582. The van der Waals surface area contributed by atoms with E-state index in [1.807, 2.05) is 35.2 Å². The lowest BCUT2D eigenvalue weighted by atomic mass is 9.75. The van der Waals surface area contributed by atoms with Crippen molar-refractivity contribution in [2.45, 2.75) is 25.2 Å². The monoisotopic (exact) mass is 415 g/mol. The predicted octanol–water partition coefficient (Wildman–Crippen LogP) is 4.35. The van der Waals surface area contributed by atoms with Crippen molar-refractivity contribution in [2.75, 3.05) is 30.0 Å². The highest BCUT2D eigenvalue weighted by molar-refractivity contribution is 6.08. The van der Waals surface area contributed by atoms with Crippen LogP contribution < -0.4 is 10.2 Å². The number of aromatic nitrogens is 1. The molecule has 1 saturated heterocycles. The van der Waals surface area contributed by atoms with Crippen molar-refractivity contribution >= 4 is 23.2 Å². The first-order valence-corrected chi connectivity index (χ1v) is 10.6. The Kier molecular flexibility index (Phi) is 4.87. The molecule has 2 aliphatic rings. The van der Waals surface area contributed by atoms with E-state index in [1.54, 1.807) is 12.4 Å². The van der Waals surface area contributed by atoms with Crippen LogP contribution in [0.4, 0.5) is 11.4 Å². The van der Waals surface area contributed by atoms with Gasteiger partial charge in [-0.05, 0) is 59.9 Å². The van der Waals surface area contributed by atoms with E-state index in [9.17, 15) is 9.59 Å². The molecule has 2 amide bonds. The molecule has 0 saturated carbocycles. The highest BCUT2D eigenvalue weighted by Gasteiger charge is 2.45. The van der Waals surface area contributed by atoms with E-state index >= 15 is 0 Å². The van der Waals surface area contributed by atoms with Crippen molar-refractivity contribution in [2.24, 2.45) is 0 Å². The molecule has 1 aromatic heterocycles. The van der Waals surface area contributed by atoms with E-state index in [2.05, 4.69) is 28.5 Å². The largest absolute Gasteiger partial charge is 0.381 e. The van der Waals surface area contributed by atoms with Gasteiger partial charge >= 0.3 is 0 Å². The number of benzene rings is 2. The number of rotatable bonds is 3. The van der Waals surface area contributed by atoms with Crippen molar-refractivity contribution in [1.82, 2.24) is 4.98 Å². The number of nitrogens with zero attached hydrogens (tertiary/aromatic N) is 1. The summed E-state index contributed by atoms with van der Waals surface area (Å²) in [5, 5.41) is 2.80. The lowest BCUT2D eigenvalue weighted by molar-refractivity contribution is -0.114. The zero-order valence-corrected chi connectivity index (χ0v) is 17.5. The molecule has 0 bridgehead atoms. The number of H-pyrrole nitrogens is 1. The zero-order valence-electron chi connectivity index (χ0n) is 17.5. The number of nitrogens with one attached hydrogen (secondary N) is 2. The third-order valence-electron chi connectivity index (χ3n) is 6.40. The van der Waals surface area contributed by atoms with Gasteiger partial charge in [-0.15, -0.1) is 0 Å². The SMILES string of the molecule is CC(=O)Nc1ccc(-c2ccc3c(c2)C2(CCOCC2)CN3C(=O)c2cc[nH]c2)cc1. The van der Waals surface area contributed by atoms with Gasteiger partial charge in [0.15, 0.2) is 0 Å². The van der Waals surface area contributed by atoms with Crippen molar-refractivity contribution in [1.29, 1.82) is 0 Å². The van der Waals surface area contributed by atoms with Gasteiger partial charge < -0.3 is 19.9 Å². The Labute approximate surface area is 181 Å². The Bertz CT molecular complexity index is 1110. The first kappa shape index (κ1) is 19.6. The van der Waals surface area contributed by atoms with Crippen LogP contribution in [0.15, 0.2) is 60.9 Å². The Balaban J connectivity index is 1.53. The fourth-order valence-electron chi connectivity index (χ4n) is 4.78. The van der Waals surface area contributed by atoms with Crippen LogP contribution in [0.1, 0.15) is 35.7 Å². The van der Waals surface area contributed by atoms with Gasteiger partial charge in [-0.1, -0.05) is 18.2 Å². The van der Waals surface area contributed by atoms with E-state index in [0.29, 0.717) is 25.3 Å². The Morgan fingerprint density at radius 1 is 1.03 bits per heavy atom. The van der Waals surface area contributed by atoms with Crippen molar-refractivity contribution in [3.8, 4) is 11.1 Å². The van der Waals surface area contributed by atoms with Gasteiger partial charge in [-0.3, -0.25) is 9.59 Å². The van der Waals surface area contributed by atoms with E-state index in [1.165, 1.54) is 12.5 Å². The summed E-state index contributed by atoms with van der Waals surface area (Å²) in [7, 11) is 0. The van der Waals surface area contributed by atoms with Crippen LogP contribution in [0.25, 0.3) is 11.1 Å². The normalized spacial score (nSPS) is 16.9. The molecule has 2 N–H and O–H groups in total. The first-order valence-electron chi connectivity index (χ1n) is 10.6. The standard InChI is InChI=1S/C25H25N3O3/c1-17(29)27-21-5-2-18(3-6-21)19-4-7-23-22(14-19)25(9-12-31-13-10-25)16-28(23)24(30)20-8-11-26-15-20/h2-8,11,14-15,26H,9-10,12-13,16H2,1H3,(H,27,29). The van der Waals surface area contributed by atoms with Crippen LogP contribution in [0.2, 0.25) is 0 Å². The third-order valence-corrected chi connectivity index (χ3v) is 6.40. The van der Waals surface area contributed by atoms with E-state index < -0.39 is 0 Å². The van der Waals surface area contributed by atoms with Crippen LogP contribution in [0.5, 0.6) is 0 Å². The molecule has 6 nitrogen and oxygen atoms in total. The van der Waals surface area contributed by atoms with Gasteiger partial charge in [0.25, 0.3) is 5.91 Å². The fraction of sp³-hybridized carbons (Fsp3) is 0.280. The molecule has 0 radical (unpaired) electrons. The second kappa shape index (κ2) is 7.71. The Hall–Kier alpha value is -3.38. The predicted molar refractivity (Wildman–Crippen MR) is 120 cm³/mol. The van der Waals surface area contributed by atoms with Crippen molar-refractivity contribution in [3.63, 3.8) is 0 Å². The summed E-state index contributed by atoms with van der Waals surface area (Å²) in [6.45, 7) is 3.60. The molecule has 2 aromatic carbocycles. The summed E-state index contributed by atoms with van der Waals surface area (Å²) >= 11 is 0. The minimum absolute atomic E-state index is 0.0262. The molecule has 0 unspecified atom stereocenters. The first-order chi connectivity index (χ1) is 15.1. The number of carbonyl (C=O) groups excluding carboxylic acids is 2. The molecule has 5 rings (SSSR count). The number of aromatic amines is 1. The summed E-state index contributed by atoms with van der Waals surface area (Å²) in [6, 6.07) is 16.1. The average molecular weight is 415 g/mol. The maximum Gasteiger partial charge on any atom is 0.259 e. The lowest BCUT2D eigenvalue weighted by Crippen LogP contribution is -2.40. The zero-order chi connectivity index (χ0) is 21.4. The van der Waals surface area contributed by atoms with E-state index in [4.69, 9.17) is 4.74 Å². The van der Waals surface area contributed by atoms with Gasteiger partial charge in [0.2, 0.25) is 5.91 Å². The lowest BCUT2D eigenvalue weighted by Gasteiger charge is -2.34. The van der Waals surface area contributed by atoms with Crippen LogP contribution in [-0.2, 0) is 14.9 Å². The molecule has 6 heteroatoms. The maximum atomic E-state index is 13.2. The van der Waals surface area contributed by atoms with Crippen molar-refractivity contribution < 1.29 is 14.3 Å². The topological polar surface area (TPSA) is 74.4 Å². The summed E-state index contributed by atoms with van der Waals surface area (Å²) in [5.41, 5.74) is 5.78. The maximum absolute atomic E-state index is 13.2. The third kappa shape index (κ3) is 3.53. The van der Waals surface area contributed by atoms with Crippen LogP contribution in [0, 0.1) is 0 Å². The molecule has 3 aromatic rings. The highest BCUT2D eigenvalue weighted by atomic mass is 16.5. The molecule has 2 aliphatic heterocycles. The molecule has 31 heavy (non-hydrogen) atoms. The number of anilines is 2. The number of hydrogen-bond acceptors (Lipinski definition) is 3. The molecular formula is C25H25N3O3. The average Bonchev–Trinajstić information content (AvgIpc) is 3.42. The second-order valence-electron chi connectivity index (χ2n) is 8.37. The Morgan fingerprint density at radius 2 is 1.77 bits per heavy atom. The molecule has 1 fully saturated rings. The Morgan fingerprint density at radius 3 is 2.45 bits per heavy atom. The number of hydrogen-bond donors (Lipinski definition) is 2. The highest BCUT2D eigenvalue weighted by Crippen LogP contribution is 2.48. The summed E-state index contributed by atoms with van der Waals surface area (Å²) in [4.78, 5) is 29.4. The quantitative estimate of drug-likeness (QED) is 0.668. The number of amides is 2. The van der Waals surface area contributed by atoms with Crippen molar-refractivity contribution in [3.05, 3.63) is 72.1 Å². The molecule has 1 spiro atoms. The van der Waals surface area contributed by atoms with Gasteiger partial charge in [0.1, 0.15) is 0 Å². The second-order valence-corrected chi connectivity index (χ2v) is 8.37. The van der Waals surface area contributed by atoms with Crippen LogP contribution in [-0.4, -0.2) is 36.6 Å². The van der Waals surface area contributed by atoms with Crippen LogP contribution in [0.3, 0.4) is 0 Å². The minimum Gasteiger partial charge on any atom is -0.381 e. The minimum atomic E-state index is -0.0843. The van der Waals surface area contributed by atoms with Gasteiger partial charge in [-0.2, -0.15) is 0 Å². The van der Waals surface area contributed by atoms with E-state index in [-0.39, 0.29) is 17.2 Å². The molecular weight excluding hydrogens is 390 g/mol. The summed E-state index contributed by atoms with van der Waals surface area (Å²) in [6.07, 6.45) is 5.34.